The molecule has 0 saturated carbocycles. The van der Waals surface area contributed by atoms with Gasteiger partial charge in [0.1, 0.15) is 5.82 Å². The van der Waals surface area contributed by atoms with Crippen LogP contribution >= 0.6 is 0 Å². The number of nitrogens with zero attached hydrogens (tertiary/aromatic N) is 2. The Morgan fingerprint density at radius 3 is 2.34 bits per heavy atom. The summed E-state index contributed by atoms with van der Waals surface area (Å²) in [7, 11) is 0. The van der Waals surface area contributed by atoms with Crippen LogP contribution in [0.5, 0.6) is 0 Å². The smallest absolute Gasteiger partial charge is 0.328 e. The van der Waals surface area contributed by atoms with E-state index in [4.69, 9.17) is 19.5 Å². The van der Waals surface area contributed by atoms with Crippen LogP contribution < -0.4 is 0 Å². The highest BCUT2D eigenvalue weighted by atomic mass is 19.1. The molecule has 41 heavy (non-hydrogen) atoms. The normalized spacial score (nSPS) is 15.0. The van der Waals surface area contributed by atoms with Crippen molar-refractivity contribution in [2.45, 2.75) is 90.4 Å². The van der Waals surface area contributed by atoms with Gasteiger partial charge in [0.15, 0.2) is 5.58 Å². The zero-order chi connectivity index (χ0) is 30.0. The Bertz CT molecular complexity index is 1090. The fourth-order valence-corrected chi connectivity index (χ4v) is 4.82. The maximum absolute atomic E-state index is 13.4. The van der Waals surface area contributed by atoms with Gasteiger partial charge in [0.2, 0.25) is 0 Å². The molecule has 2 heterocycles. The number of aliphatic carboxylic acids is 2. The lowest BCUT2D eigenvalue weighted by Crippen LogP contribution is -2.34. The predicted molar refractivity (Wildman–Crippen MR) is 154 cm³/mol. The van der Waals surface area contributed by atoms with Crippen molar-refractivity contribution in [3.63, 3.8) is 0 Å². The van der Waals surface area contributed by atoms with Gasteiger partial charge in [-0.3, -0.25) is 4.79 Å². The van der Waals surface area contributed by atoms with E-state index in [0.717, 1.165) is 62.8 Å². The Morgan fingerprint density at radius 1 is 1.07 bits per heavy atom. The molecule has 0 radical (unpaired) electrons. The van der Waals surface area contributed by atoms with Gasteiger partial charge in [-0.05, 0) is 63.4 Å². The molecule has 0 amide bonds. The number of carbonyl (C=O) groups is 3. The molecule has 1 aromatic carbocycles. The van der Waals surface area contributed by atoms with Gasteiger partial charge in [-0.15, -0.1) is 0 Å². The molecule has 0 aliphatic carbocycles. The van der Waals surface area contributed by atoms with Crippen molar-refractivity contribution in [2.24, 2.45) is 5.92 Å². The first kappa shape index (κ1) is 33.9. The summed E-state index contributed by atoms with van der Waals surface area (Å²) in [6.07, 6.45) is 13.2. The summed E-state index contributed by atoms with van der Waals surface area (Å²) >= 11 is 0. The number of ether oxygens (including phenoxy) is 1. The first-order valence-electron chi connectivity index (χ1n) is 14.8. The number of carboxylic acids is 2. The van der Waals surface area contributed by atoms with Crippen molar-refractivity contribution in [1.29, 1.82) is 0 Å². The summed E-state index contributed by atoms with van der Waals surface area (Å²) in [5, 5.41) is 20.8. The molecule has 1 aliphatic rings. The van der Waals surface area contributed by atoms with Gasteiger partial charge in [-0.25, -0.2) is 14.0 Å². The van der Waals surface area contributed by atoms with Gasteiger partial charge in [0.25, 0.3) is 0 Å². The predicted octanol–water partition coefficient (Wildman–Crippen LogP) is 6.57. The molecule has 1 unspecified atom stereocenters. The molecule has 3 rings (SSSR count). The van der Waals surface area contributed by atoms with E-state index in [9.17, 15) is 18.8 Å². The van der Waals surface area contributed by atoms with Crippen molar-refractivity contribution in [2.75, 3.05) is 26.2 Å². The van der Waals surface area contributed by atoms with Gasteiger partial charge < -0.3 is 24.4 Å². The number of halogens is 1. The van der Waals surface area contributed by atoms with E-state index in [-0.39, 0.29) is 11.8 Å². The van der Waals surface area contributed by atoms with Crippen LogP contribution in [0.15, 0.2) is 34.9 Å². The Labute approximate surface area is 241 Å². The zero-order valence-corrected chi connectivity index (χ0v) is 24.4. The number of hydrogen-bond acceptors (Lipinski definition) is 7. The number of likely N-dealkylation sites (tertiary alicyclic amines) is 1. The van der Waals surface area contributed by atoms with Gasteiger partial charge >= 0.3 is 17.9 Å². The van der Waals surface area contributed by atoms with Crippen molar-refractivity contribution in [3.05, 3.63) is 41.9 Å². The average molecular weight is 577 g/mol. The largest absolute Gasteiger partial charge is 0.478 e. The summed E-state index contributed by atoms with van der Waals surface area (Å²) in [4.78, 5) is 33.6. The topological polar surface area (TPSA) is 130 Å². The number of hydrogen-bond donors (Lipinski definition) is 2. The van der Waals surface area contributed by atoms with Crippen LogP contribution in [-0.4, -0.2) is 64.4 Å². The number of carbonyl (C=O) groups excluding carboxylic acids is 1. The van der Waals surface area contributed by atoms with Crippen LogP contribution in [0.3, 0.4) is 0 Å². The maximum Gasteiger partial charge on any atom is 0.328 e. The summed E-state index contributed by atoms with van der Waals surface area (Å²) in [5.41, 5.74) is 1.49. The lowest BCUT2D eigenvalue weighted by molar-refractivity contribution is -0.145. The van der Waals surface area contributed by atoms with Gasteiger partial charge in [0.05, 0.1) is 12.3 Å². The van der Waals surface area contributed by atoms with E-state index in [0.29, 0.717) is 42.6 Å². The van der Waals surface area contributed by atoms with E-state index in [2.05, 4.69) is 23.9 Å². The molecule has 1 aliphatic heterocycles. The quantitative estimate of drug-likeness (QED) is 0.129. The number of esters is 1. The molecule has 1 fully saturated rings. The van der Waals surface area contributed by atoms with Crippen LogP contribution in [0.25, 0.3) is 11.0 Å². The third-order valence-electron chi connectivity index (χ3n) is 7.26. The van der Waals surface area contributed by atoms with Crippen LogP contribution in [0, 0.1) is 11.7 Å². The lowest BCUT2D eigenvalue weighted by atomic mass is 9.91. The van der Waals surface area contributed by atoms with E-state index in [1.54, 1.807) is 6.07 Å². The number of aromatic nitrogens is 1. The maximum atomic E-state index is 13.4. The fraction of sp³-hybridized carbons (Fsp3) is 0.613. The van der Waals surface area contributed by atoms with E-state index in [1.165, 1.54) is 44.2 Å². The number of benzene rings is 1. The second-order valence-corrected chi connectivity index (χ2v) is 10.8. The number of unbranched alkanes of at least 4 members (excludes halogenated alkanes) is 6. The van der Waals surface area contributed by atoms with Crippen molar-refractivity contribution >= 4 is 28.9 Å². The molecule has 228 valence electrons. The van der Waals surface area contributed by atoms with Crippen molar-refractivity contribution < 1.29 is 38.2 Å². The molecule has 2 aromatic rings. The standard InChI is InChI=1S/C27H41FN2O3.C4H4O4/c1-3-4-5-6-7-8-9-10-26(31)32-20-21(2)13-16-30-17-14-22(15-18-30)27-24-12-11-23(28)19-25(24)33-29-27;5-3(6)1-2-4(7)8/h11-12,19,21-22H,3-10,13-18,20H2,1-2H3;1-2H,(H,5,6)(H,7,8). The van der Waals surface area contributed by atoms with Crippen LogP contribution in [0.2, 0.25) is 0 Å². The molecule has 10 heteroatoms. The minimum absolute atomic E-state index is 0.0454. The van der Waals surface area contributed by atoms with Gasteiger partial charge in [0, 0.05) is 35.9 Å². The highest BCUT2D eigenvalue weighted by Crippen LogP contribution is 2.32. The summed E-state index contributed by atoms with van der Waals surface area (Å²) < 4.78 is 24.2. The number of carboxylic acid groups (broad SMARTS) is 2. The lowest BCUT2D eigenvalue weighted by Gasteiger charge is -2.31. The second-order valence-electron chi connectivity index (χ2n) is 10.8. The highest BCUT2D eigenvalue weighted by Gasteiger charge is 2.25. The Kier molecular flexibility index (Phi) is 15.7. The fourth-order valence-electron chi connectivity index (χ4n) is 4.82. The minimum Gasteiger partial charge on any atom is -0.478 e. The highest BCUT2D eigenvalue weighted by molar-refractivity contribution is 5.89. The third kappa shape index (κ3) is 13.8. The van der Waals surface area contributed by atoms with Gasteiger partial charge in [-0.1, -0.05) is 57.5 Å². The van der Waals surface area contributed by atoms with Crippen LogP contribution in [-0.2, 0) is 19.1 Å². The average Bonchev–Trinajstić information content (AvgIpc) is 3.37. The first-order valence-corrected chi connectivity index (χ1v) is 14.8. The number of rotatable bonds is 16. The van der Waals surface area contributed by atoms with Crippen LogP contribution in [0.4, 0.5) is 4.39 Å². The SMILES string of the molecule is CCCCCCCCCC(=O)OCC(C)CCN1CCC(c2noc3cc(F)ccc23)CC1.O=C(O)C=CC(=O)O. The van der Waals surface area contributed by atoms with E-state index < -0.39 is 11.9 Å². The monoisotopic (exact) mass is 576 g/mol. The zero-order valence-electron chi connectivity index (χ0n) is 24.4. The molecule has 0 bridgehead atoms. The molecule has 2 N–H and O–H groups in total. The van der Waals surface area contributed by atoms with E-state index in [1.807, 2.05) is 0 Å². The molecular weight excluding hydrogens is 531 g/mol. The van der Waals surface area contributed by atoms with Crippen molar-refractivity contribution in [3.8, 4) is 0 Å². The van der Waals surface area contributed by atoms with Gasteiger partial charge in [-0.2, -0.15) is 0 Å². The van der Waals surface area contributed by atoms with Crippen LogP contribution in [0.1, 0.15) is 96.1 Å². The Morgan fingerprint density at radius 2 is 1.71 bits per heavy atom. The number of piperidine rings is 1. The number of fused-ring (bicyclic) bond motifs is 1. The summed E-state index contributed by atoms with van der Waals surface area (Å²) in [6, 6.07) is 4.66. The molecule has 1 aromatic heterocycles. The molecule has 0 spiro atoms. The Hall–Kier alpha value is -3.27. The third-order valence-corrected chi connectivity index (χ3v) is 7.26. The van der Waals surface area contributed by atoms with Crippen molar-refractivity contribution in [1.82, 2.24) is 10.1 Å². The molecular formula is C31H45FN2O7. The van der Waals surface area contributed by atoms with E-state index >= 15 is 0 Å². The summed E-state index contributed by atoms with van der Waals surface area (Å²) in [6.45, 7) is 7.97. The molecule has 1 atom stereocenters. The Balaban J connectivity index is 0.000000642. The molecule has 9 nitrogen and oxygen atoms in total. The second kappa shape index (κ2) is 19.0. The minimum atomic E-state index is -1.26. The molecule has 1 saturated heterocycles. The summed E-state index contributed by atoms with van der Waals surface area (Å²) in [5.74, 6) is -2.12. The first-order chi connectivity index (χ1) is 19.7.